The van der Waals surface area contributed by atoms with Gasteiger partial charge in [0, 0.05) is 11.8 Å². The summed E-state index contributed by atoms with van der Waals surface area (Å²) in [5.74, 6) is -4.35. The minimum absolute atomic E-state index is 0.0148. The topological polar surface area (TPSA) is 76.9 Å². The average molecular weight is 419 g/mol. The van der Waals surface area contributed by atoms with Crippen LogP contribution in [0.5, 0.6) is 0 Å². The Balaban J connectivity index is 1.90. The smallest absolute Gasteiger partial charge is 0.329 e. The zero-order valence-corrected chi connectivity index (χ0v) is 15.4. The summed E-state index contributed by atoms with van der Waals surface area (Å²) in [7, 11) is 0. The lowest BCUT2D eigenvalue weighted by Crippen LogP contribution is -2.41. The zero-order valence-electron chi connectivity index (χ0n) is 14.6. The highest BCUT2D eigenvalue weighted by molar-refractivity contribution is 7.16. The molecule has 10 heteroatoms. The standard InChI is InChI=1S/C19H12F3N3O3S/c20-13-6-10(7-14(21)15(13)22)8-25-18-12(3-5-29-18)17(27)24(19(25)28)9-11-2-1-4-23-16(11)26/h1-7H,8-9H2,(H,23,26). The molecule has 0 aliphatic carbocycles. The number of pyridine rings is 1. The second-order valence-electron chi connectivity index (χ2n) is 6.30. The molecule has 3 heterocycles. The van der Waals surface area contributed by atoms with Gasteiger partial charge in [-0.2, -0.15) is 0 Å². The van der Waals surface area contributed by atoms with Gasteiger partial charge in [-0.15, -0.1) is 11.3 Å². The predicted octanol–water partition coefficient (Wildman–Crippen LogP) is 2.43. The largest absolute Gasteiger partial charge is 0.332 e. The van der Waals surface area contributed by atoms with Crippen LogP contribution < -0.4 is 16.8 Å². The summed E-state index contributed by atoms with van der Waals surface area (Å²) >= 11 is 1.11. The fraction of sp³-hybridized carbons (Fsp3) is 0.105. The minimum atomic E-state index is -1.60. The molecule has 29 heavy (non-hydrogen) atoms. The number of fused-ring (bicyclic) bond motifs is 1. The Morgan fingerprint density at radius 3 is 2.38 bits per heavy atom. The van der Waals surface area contributed by atoms with Crippen molar-refractivity contribution in [3.8, 4) is 0 Å². The molecule has 6 nitrogen and oxygen atoms in total. The highest BCUT2D eigenvalue weighted by atomic mass is 32.1. The first-order chi connectivity index (χ1) is 13.9. The number of H-pyrrole nitrogens is 1. The number of halogens is 3. The first-order valence-corrected chi connectivity index (χ1v) is 9.25. The van der Waals surface area contributed by atoms with Crippen LogP contribution in [0.2, 0.25) is 0 Å². The van der Waals surface area contributed by atoms with E-state index in [-0.39, 0.29) is 29.6 Å². The van der Waals surface area contributed by atoms with Crippen molar-refractivity contribution in [3.63, 3.8) is 0 Å². The van der Waals surface area contributed by atoms with Gasteiger partial charge in [0.2, 0.25) is 0 Å². The molecule has 3 aromatic heterocycles. The van der Waals surface area contributed by atoms with Crippen molar-refractivity contribution < 1.29 is 13.2 Å². The lowest BCUT2D eigenvalue weighted by atomic mass is 10.2. The predicted molar refractivity (Wildman–Crippen MR) is 102 cm³/mol. The van der Waals surface area contributed by atoms with Crippen molar-refractivity contribution in [2.75, 3.05) is 0 Å². The molecule has 0 atom stereocenters. The van der Waals surface area contributed by atoms with Gasteiger partial charge in [-0.25, -0.2) is 18.0 Å². The summed E-state index contributed by atoms with van der Waals surface area (Å²) in [5.41, 5.74) is -1.56. The van der Waals surface area contributed by atoms with Crippen LogP contribution in [0.25, 0.3) is 10.2 Å². The Kier molecular flexibility index (Phi) is 4.71. The lowest BCUT2D eigenvalue weighted by molar-refractivity contribution is 0.444. The van der Waals surface area contributed by atoms with Gasteiger partial charge in [0.1, 0.15) is 4.83 Å². The van der Waals surface area contributed by atoms with Crippen molar-refractivity contribution in [3.05, 3.63) is 102 Å². The number of aromatic nitrogens is 3. The summed E-state index contributed by atoms with van der Waals surface area (Å²) in [5, 5.41) is 1.83. The molecule has 0 aliphatic heterocycles. The van der Waals surface area contributed by atoms with E-state index >= 15 is 0 Å². The SMILES string of the molecule is O=c1[nH]cccc1Cn1c(=O)c2ccsc2n(Cc2cc(F)c(F)c(F)c2)c1=O. The van der Waals surface area contributed by atoms with Gasteiger partial charge in [-0.1, -0.05) is 6.07 Å². The van der Waals surface area contributed by atoms with Gasteiger partial charge in [-0.05, 0) is 35.2 Å². The van der Waals surface area contributed by atoms with Crippen molar-refractivity contribution in [1.82, 2.24) is 14.1 Å². The third-order valence-corrected chi connectivity index (χ3v) is 5.38. The number of hydrogen-bond donors (Lipinski definition) is 1. The van der Waals surface area contributed by atoms with E-state index < -0.39 is 34.3 Å². The summed E-state index contributed by atoms with van der Waals surface area (Å²) in [6, 6.07) is 6.16. The first-order valence-electron chi connectivity index (χ1n) is 8.37. The lowest BCUT2D eigenvalue weighted by Gasteiger charge is -2.12. The number of nitrogens with zero attached hydrogens (tertiary/aromatic N) is 2. The van der Waals surface area contributed by atoms with E-state index in [4.69, 9.17) is 0 Å². The van der Waals surface area contributed by atoms with Crippen LogP contribution in [0.1, 0.15) is 11.1 Å². The van der Waals surface area contributed by atoms with Crippen LogP contribution in [0, 0.1) is 17.5 Å². The molecule has 0 radical (unpaired) electrons. The van der Waals surface area contributed by atoms with E-state index in [1.165, 1.54) is 22.9 Å². The Morgan fingerprint density at radius 2 is 1.69 bits per heavy atom. The maximum absolute atomic E-state index is 13.6. The molecular weight excluding hydrogens is 407 g/mol. The Morgan fingerprint density at radius 1 is 0.966 bits per heavy atom. The van der Waals surface area contributed by atoms with E-state index in [2.05, 4.69) is 4.98 Å². The summed E-state index contributed by atoms with van der Waals surface area (Å²) in [4.78, 5) is 40.5. The van der Waals surface area contributed by atoms with E-state index in [1.807, 2.05) is 0 Å². The van der Waals surface area contributed by atoms with Crippen LogP contribution in [0.3, 0.4) is 0 Å². The van der Waals surface area contributed by atoms with Gasteiger partial charge >= 0.3 is 5.69 Å². The Bertz CT molecular complexity index is 1390. The van der Waals surface area contributed by atoms with Gasteiger partial charge in [-0.3, -0.25) is 18.7 Å². The summed E-state index contributed by atoms with van der Waals surface area (Å²) in [6.07, 6.45) is 1.42. The van der Waals surface area contributed by atoms with Gasteiger partial charge in [0.25, 0.3) is 11.1 Å². The fourth-order valence-corrected chi connectivity index (χ4v) is 3.94. The molecule has 4 rings (SSSR count). The van der Waals surface area contributed by atoms with Gasteiger partial charge in [0.15, 0.2) is 17.5 Å². The molecule has 0 bridgehead atoms. The molecule has 0 fully saturated rings. The molecule has 1 N–H and O–H groups in total. The quantitative estimate of drug-likeness (QED) is 0.516. The van der Waals surface area contributed by atoms with Crippen LogP contribution >= 0.6 is 11.3 Å². The molecule has 0 saturated carbocycles. The Hall–Kier alpha value is -3.40. The monoisotopic (exact) mass is 419 g/mol. The summed E-state index contributed by atoms with van der Waals surface area (Å²) in [6.45, 7) is -0.554. The van der Waals surface area contributed by atoms with E-state index in [0.29, 0.717) is 4.83 Å². The summed E-state index contributed by atoms with van der Waals surface area (Å²) < 4.78 is 42.4. The molecule has 0 spiro atoms. The van der Waals surface area contributed by atoms with Crippen LogP contribution in [-0.4, -0.2) is 14.1 Å². The normalized spacial score (nSPS) is 11.3. The van der Waals surface area contributed by atoms with E-state index in [9.17, 15) is 27.6 Å². The zero-order chi connectivity index (χ0) is 20.7. The second kappa shape index (κ2) is 7.21. The molecule has 0 aliphatic rings. The van der Waals surface area contributed by atoms with Crippen molar-refractivity contribution in [2.45, 2.75) is 13.1 Å². The number of benzene rings is 1. The third kappa shape index (κ3) is 3.31. The number of rotatable bonds is 4. The number of aromatic amines is 1. The molecule has 1 aromatic carbocycles. The number of hydrogen-bond acceptors (Lipinski definition) is 4. The van der Waals surface area contributed by atoms with E-state index in [0.717, 1.165) is 28.0 Å². The maximum Gasteiger partial charge on any atom is 0.332 e. The van der Waals surface area contributed by atoms with Crippen LogP contribution in [-0.2, 0) is 13.1 Å². The molecule has 0 amide bonds. The molecular formula is C19H12F3N3O3S. The first kappa shape index (κ1) is 18.9. The van der Waals surface area contributed by atoms with Gasteiger partial charge < -0.3 is 4.98 Å². The highest BCUT2D eigenvalue weighted by Crippen LogP contribution is 2.19. The van der Waals surface area contributed by atoms with Crippen molar-refractivity contribution >= 4 is 21.6 Å². The van der Waals surface area contributed by atoms with Crippen molar-refractivity contribution in [1.29, 1.82) is 0 Å². The van der Waals surface area contributed by atoms with Gasteiger partial charge in [0.05, 0.1) is 18.5 Å². The fourth-order valence-electron chi connectivity index (χ4n) is 3.05. The average Bonchev–Trinajstić information content (AvgIpc) is 3.18. The number of nitrogens with one attached hydrogen (secondary N) is 1. The van der Waals surface area contributed by atoms with Crippen molar-refractivity contribution in [2.24, 2.45) is 0 Å². The molecule has 0 unspecified atom stereocenters. The molecule has 0 saturated heterocycles. The van der Waals surface area contributed by atoms with Crippen LogP contribution in [0.15, 0.2) is 56.3 Å². The maximum atomic E-state index is 13.6. The molecule has 4 aromatic rings. The highest BCUT2D eigenvalue weighted by Gasteiger charge is 2.17. The van der Waals surface area contributed by atoms with E-state index in [1.54, 1.807) is 11.4 Å². The Labute approximate surface area is 164 Å². The molecule has 148 valence electrons. The second-order valence-corrected chi connectivity index (χ2v) is 7.19. The number of thiophene rings is 1. The third-order valence-electron chi connectivity index (χ3n) is 4.44. The van der Waals surface area contributed by atoms with Crippen LogP contribution in [0.4, 0.5) is 13.2 Å². The minimum Gasteiger partial charge on any atom is -0.329 e.